The zero-order chi connectivity index (χ0) is 16.1. The van der Waals surface area contributed by atoms with Crippen molar-refractivity contribution >= 4 is 23.2 Å². The highest BCUT2D eigenvalue weighted by molar-refractivity contribution is 5.93. The first kappa shape index (κ1) is 15.7. The number of carbonyl (C=O) groups excluding carboxylic acids is 2. The van der Waals surface area contributed by atoms with Crippen molar-refractivity contribution < 1.29 is 14.0 Å². The van der Waals surface area contributed by atoms with Crippen LogP contribution in [0.15, 0.2) is 30.6 Å². The molecule has 0 unspecified atom stereocenters. The van der Waals surface area contributed by atoms with Gasteiger partial charge in [0.25, 0.3) is 0 Å². The first-order valence-electron chi connectivity index (χ1n) is 6.78. The lowest BCUT2D eigenvalue weighted by Crippen LogP contribution is -2.14. The number of carbonyl (C=O) groups is 2. The molecule has 1 aromatic carbocycles. The molecular formula is C15H17FN4O2. The molecule has 0 spiro atoms. The highest BCUT2D eigenvalue weighted by Crippen LogP contribution is 2.20. The third-order valence-electron chi connectivity index (χ3n) is 2.96. The number of rotatable bonds is 5. The monoisotopic (exact) mass is 304 g/mol. The van der Waals surface area contributed by atoms with Crippen LogP contribution >= 0.6 is 0 Å². The van der Waals surface area contributed by atoms with Gasteiger partial charge >= 0.3 is 0 Å². The number of benzene rings is 1. The van der Waals surface area contributed by atoms with Gasteiger partial charge in [0.05, 0.1) is 11.9 Å². The summed E-state index contributed by atoms with van der Waals surface area (Å²) in [5, 5.41) is 9.06. The summed E-state index contributed by atoms with van der Waals surface area (Å²) in [4.78, 5) is 22.9. The van der Waals surface area contributed by atoms with Crippen LogP contribution in [-0.4, -0.2) is 21.6 Å². The van der Waals surface area contributed by atoms with Crippen LogP contribution in [0.5, 0.6) is 0 Å². The second-order valence-electron chi connectivity index (χ2n) is 4.95. The van der Waals surface area contributed by atoms with Gasteiger partial charge in [-0.2, -0.15) is 5.10 Å². The molecule has 2 aromatic rings. The lowest BCUT2D eigenvalue weighted by atomic mass is 10.2. The van der Waals surface area contributed by atoms with Gasteiger partial charge in [0, 0.05) is 32.3 Å². The van der Waals surface area contributed by atoms with Gasteiger partial charge in [0.1, 0.15) is 5.82 Å². The van der Waals surface area contributed by atoms with Gasteiger partial charge in [-0.3, -0.25) is 14.3 Å². The maximum absolute atomic E-state index is 13.7. The second kappa shape index (κ2) is 6.84. The molecule has 2 amide bonds. The van der Waals surface area contributed by atoms with Crippen molar-refractivity contribution in [3.8, 4) is 0 Å². The van der Waals surface area contributed by atoms with E-state index < -0.39 is 5.82 Å². The SMILES string of the molecule is CC(=O)Nc1ccc(F)c(NC(=O)CCc2cnn(C)c2)c1. The Bertz CT molecular complexity index is 697. The molecule has 0 radical (unpaired) electrons. The minimum absolute atomic E-state index is 0.0439. The number of aromatic nitrogens is 2. The van der Waals surface area contributed by atoms with Gasteiger partial charge in [0.15, 0.2) is 0 Å². The Labute approximate surface area is 127 Å². The predicted octanol–water partition coefficient (Wildman–Crippen LogP) is 2.09. The van der Waals surface area contributed by atoms with E-state index in [9.17, 15) is 14.0 Å². The fourth-order valence-corrected chi connectivity index (χ4v) is 1.97. The number of halogens is 1. The van der Waals surface area contributed by atoms with E-state index in [2.05, 4.69) is 15.7 Å². The molecule has 0 aliphatic carbocycles. The number of aryl methyl sites for hydroxylation is 2. The van der Waals surface area contributed by atoms with Crippen molar-refractivity contribution in [2.45, 2.75) is 19.8 Å². The van der Waals surface area contributed by atoms with E-state index in [1.165, 1.54) is 25.1 Å². The van der Waals surface area contributed by atoms with Gasteiger partial charge in [0.2, 0.25) is 11.8 Å². The number of anilines is 2. The van der Waals surface area contributed by atoms with E-state index in [0.29, 0.717) is 12.1 Å². The van der Waals surface area contributed by atoms with Crippen molar-refractivity contribution in [2.75, 3.05) is 10.6 Å². The standard InChI is InChI=1S/C15H17FN4O2/c1-10(21)18-12-4-5-13(16)14(7-12)19-15(22)6-3-11-8-17-20(2)9-11/h4-5,7-9H,3,6H2,1-2H3,(H,18,21)(H,19,22). The average molecular weight is 304 g/mol. The van der Waals surface area contributed by atoms with Crippen molar-refractivity contribution in [3.63, 3.8) is 0 Å². The summed E-state index contributed by atoms with van der Waals surface area (Å²) in [7, 11) is 1.80. The maximum atomic E-state index is 13.7. The number of nitrogens with zero attached hydrogens (tertiary/aromatic N) is 2. The molecule has 0 saturated heterocycles. The van der Waals surface area contributed by atoms with Crippen LogP contribution < -0.4 is 10.6 Å². The molecule has 0 saturated carbocycles. The Morgan fingerprint density at radius 3 is 2.73 bits per heavy atom. The second-order valence-corrected chi connectivity index (χ2v) is 4.95. The topological polar surface area (TPSA) is 76.0 Å². The molecular weight excluding hydrogens is 287 g/mol. The Hall–Kier alpha value is -2.70. The normalized spacial score (nSPS) is 10.3. The molecule has 0 bridgehead atoms. The third-order valence-corrected chi connectivity index (χ3v) is 2.96. The van der Waals surface area contributed by atoms with Gasteiger partial charge < -0.3 is 10.6 Å². The lowest BCUT2D eigenvalue weighted by molar-refractivity contribution is -0.116. The van der Waals surface area contributed by atoms with Crippen LogP contribution in [0.4, 0.5) is 15.8 Å². The molecule has 6 nitrogen and oxygen atoms in total. The first-order chi connectivity index (χ1) is 10.4. The Kier molecular flexibility index (Phi) is 4.88. The smallest absolute Gasteiger partial charge is 0.224 e. The Morgan fingerprint density at radius 1 is 1.32 bits per heavy atom. The summed E-state index contributed by atoms with van der Waals surface area (Å²) in [5.74, 6) is -1.12. The largest absolute Gasteiger partial charge is 0.326 e. The van der Waals surface area contributed by atoms with Gasteiger partial charge in [-0.25, -0.2) is 4.39 Å². The zero-order valence-electron chi connectivity index (χ0n) is 12.4. The minimum Gasteiger partial charge on any atom is -0.326 e. The molecule has 22 heavy (non-hydrogen) atoms. The molecule has 7 heteroatoms. The molecule has 0 aliphatic heterocycles. The summed E-state index contributed by atoms with van der Waals surface area (Å²) in [5.41, 5.74) is 1.41. The highest BCUT2D eigenvalue weighted by Gasteiger charge is 2.09. The molecule has 0 aliphatic rings. The summed E-state index contributed by atoms with van der Waals surface area (Å²) in [6, 6.07) is 4.02. The van der Waals surface area contributed by atoms with Gasteiger partial charge in [-0.15, -0.1) is 0 Å². The van der Waals surface area contributed by atoms with Crippen LogP contribution in [0.2, 0.25) is 0 Å². The van der Waals surface area contributed by atoms with Crippen molar-refractivity contribution in [1.82, 2.24) is 9.78 Å². The number of nitrogens with one attached hydrogen (secondary N) is 2. The fourth-order valence-electron chi connectivity index (χ4n) is 1.97. The van der Waals surface area contributed by atoms with E-state index in [4.69, 9.17) is 0 Å². The molecule has 0 atom stereocenters. The quantitative estimate of drug-likeness (QED) is 0.888. The molecule has 0 fully saturated rings. The third kappa shape index (κ3) is 4.41. The van der Waals surface area contributed by atoms with Gasteiger partial charge in [-0.1, -0.05) is 0 Å². The van der Waals surface area contributed by atoms with Gasteiger partial charge in [-0.05, 0) is 30.2 Å². The minimum atomic E-state index is -0.552. The van der Waals surface area contributed by atoms with E-state index in [1.54, 1.807) is 17.9 Å². The Morgan fingerprint density at radius 2 is 2.09 bits per heavy atom. The molecule has 2 N–H and O–H groups in total. The molecule has 1 heterocycles. The van der Waals surface area contributed by atoms with Crippen molar-refractivity contribution in [3.05, 3.63) is 42.0 Å². The predicted molar refractivity (Wildman–Crippen MR) is 80.9 cm³/mol. The molecule has 2 rings (SSSR count). The number of hydrogen-bond donors (Lipinski definition) is 2. The van der Waals surface area contributed by atoms with Crippen LogP contribution in [0.25, 0.3) is 0 Å². The molecule has 116 valence electrons. The summed E-state index contributed by atoms with van der Waals surface area (Å²) in [6.45, 7) is 1.36. The summed E-state index contributed by atoms with van der Waals surface area (Å²) in [6.07, 6.45) is 4.25. The number of amides is 2. The zero-order valence-corrected chi connectivity index (χ0v) is 12.4. The van der Waals surface area contributed by atoms with E-state index in [0.717, 1.165) is 5.56 Å². The first-order valence-corrected chi connectivity index (χ1v) is 6.78. The van der Waals surface area contributed by atoms with Crippen LogP contribution in [0.3, 0.4) is 0 Å². The van der Waals surface area contributed by atoms with Crippen LogP contribution in [0, 0.1) is 5.82 Å². The van der Waals surface area contributed by atoms with E-state index >= 15 is 0 Å². The van der Waals surface area contributed by atoms with Crippen LogP contribution in [-0.2, 0) is 23.1 Å². The Balaban J connectivity index is 1.96. The summed E-state index contributed by atoms with van der Waals surface area (Å²) >= 11 is 0. The van der Waals surface area contributed by atoms with Crippen LogP contribution in [0.1, 0.15) is 18.9 Å². The number of hydrogen-bond acceptors (Lipinski definition) is 3. The maximum Gasteiger partial charge on any atom is 0.224 e. The van der Waals surface area contributed by atoms with Crippen molar-refractivity contribution in [2.24, 2.45) is 7.05 Å². The highest BCUT2D eigenvalue weighted by atomic mass is 19.1. The van der Waals surface area contributed by atoms with E-state index in [-0.39, 0.29) is 23.9 Å². The molecule has 1 aromatic heterocycles. The van der Waals surface area contributed by atoms with Crippen molar-refractivity contribution in [1.29, 1.82) is 0 Å². The lowest BCUT2D eigenvalue weighted by Gasteiger charge is -2.09. The summed E-state index contributed by atoms with van der Waals surface area (Å²) < 4.78 is 15.3. The fraction of sp³-hybridized carbons (Fsp3) is 0.267. The van der Waals surface area contributed by atoms with E-state index in [1.807, 2.05) is 6.20 Å². The average Bonchev–Trinajstić information content (AvgIpc) is 2.85.